The summed E-state index contributed by atoms with van der Waals surface area (Å²) in [7, 11) is 0. The molecule has 3 heteroatoms. The fourth-order valence-corrected chi connectivity index (χ4v) is 2.22. The maximum absolute atomic E-state index is 10.5. The van der Waals surface area contributed by atoms with Crippen LogP contribution in [0.3, 0.4) is 0 Å². The molecule has 0 spiro atoms. The van der Waals surface area contributed by atoms with E-state index < -0.39 is 11.0 Å². The minimum atomic E-state index is -0.814. The molecule has 1 aliphatic heterocycles. The Balaban J connectivity index is 2.75. The van der Waals surface area contributed by atoms with E-state index in [0.717, 1.165) is 32.5 Å². The molecule has 1 fully saturated rings. The van der Waals surface area contributed by atoms with Gasteiger partial charge in [-0.05, 0) is 46.2 Å². The lowest BCUT2D eigenvalue weighted by atomic mass is 9.72. The van der Waals surface area contributed by atoms with Crippen molar-refractivity contribution in [3.8, 4) is 6.07 Å². The summed E-state index contributed by atoms with van der Waals surface area (Å²) in [5.41, 5.74) is -1.46. The number of likely N-dealkylation sites (tertiary alicyclic amines) is 1. The molecule has 1 N–H and O–H groups in total. The monoisotopic (exact) mass is 210 g/mol. The highest BCUT2D eigenvalue weighted by atomic mass is 16.3. The van der Waals surface area contributed by atoms with Crippen LogP contribution in [0.25, 0.3) is 0 Å². The van der Waals surface area contributed by atoms with Gasteiger partial charge in [0, 0.05) is 6.54 Å². The Kier molecular flexibility index (Phi) is 3.75. The highest BCUT2D eigenvalue weighted by Crippen LogP contribution is 2.38. The van der Waals surface area contributed by atoms with Crippen molar-refractivity contribution < 1.29 is 5.11 Å². The van der Waals surface area contributed by atoms with E-state index >= 15 is 0 Å². The second-order valence-electron chi connectivity index (χ2n) is 5.06. The molecule has 1 aliphatic rings. The molecule has 1 unspecified atom stereocenters. The molecule has 0 aromatic heterocycles. The summed E-state index contributed by atoms with van der Waals surface area (Å²) < 4.78 is 0. The van der Waals surface area contributed by atoms with Gasteiger partial charge in [0.1, 0.15) is 0 Å². The molecule has 0 bridgehead atoms. The summed E-state index contributed by atoms with van der Waals surface area (Å²) in [6, 6.07) is 2.24. The van der Waals surface area contributed by atoms with Gasteiger partial charge in [0.25, 0.3) is 0 Å². The Morgan fingerprint density at radius 1 is 1.40 bits per heavy atom. The normalized spacial score (nSPS) is 29.5. The van der Waals surface area contributed by atoms with E-state index in [2.05, 4.69) is 17.9 Å². The molecule has 1 saturated heterocycles. The molecule has 0 radical (unpaired) electrons. The maximum atomic E-state index is 10.5. The van der Waals surface area contributed by atoms with Gasteiger partial charge in [0.05, 0.1) is 17.1 Å². The number of rotatable bonds is 2. The van der Waals surface area contributed by atoms with Crippen molar-refractivity contribution in [2.45, 2.75) is 45.6 Å². The first-order valence-corrected chi connectivity index (χ1v) is 5.81. The summed E-state index contributed by atoms with van der Waals surface area (Å²) in [6.45, 7) is 8.80. The molecule has 0 amide bonds. The average Bonchev–Trinajstić information content (AvgIpc) is 2.41. The van der Waals surface area contributed by atoms with Crippen molar-refractivity contribution in [3.63, 3.8) is 0 Å². The second kappa shape index (κ2) is 4.51. The zero-order chi connectivity index (χ0) is 11.5. The van der Waals surface area contributed by atoms with E-state index in [1.165, 1.54) is 0 Å². The first-order valence-electron chi connectivity index (χ1n) is 5.81. The summed E-state index contributed by atoms with van der Waals surface area (Å²) in [5.74, 6) is 0. The van der Waals surface area contributed by atoms with E-state index in [0.29, 0.717) is 6.42 Å². The maximum Gasteiger partial charge on any atom is 0.0840 e. The lowest BCUT2D eigenvalue weighted by Gasteiger charge is -2.37. The topological polar surface area (TPSA) is 47.3 Å². The van der Waals surface area contributed by atoms with E-state index in [4.69, 9.17) is 5.26 Å². The molecule has 1 heterocycles. The van der Waals surface area contributed by atoms with Crippen LogP contribution >= 0.6 is 0 Å². The molecule has 0 aliphatic carbocycles. The van der Waals surface area contributed by atoms with Gasteiger partial charge in [-0.25, -0.2) is 0 Å². The van der Waals surface area contributed by atoms with Gasteiger partial charge >= 0.3 is 0 Å². The highest BCUT2D eigenvalue weighted by Gasteiger charge is 2.44. The molecular weight excluding hydrogens is 188 g/mol. The van der Waals surface area contributed by atoms with Crippen LogP contribution in [-0.2, 0) is 0 Å². The first-order chi connectivity index (χ1) is 6.95. The molecule has 1 rings (SSSR count). The Hall–Kier alpha value is -0.590. The summed E-state index contributed by atoms with van der Waals surface area (Å²) in [4.78, 5) is 2.34. The molecule has 0 aromatic carbocycles. The minimum Gasteiger partial charge on any atom is -0.388 e. The summed E-state index contributed by atoms with van der Waals surface area (Å²) in [6.07, 6.45) is 2.43. The molecule has 0 saturated carbocycles. The van der Waals surface area contributed by atoms with Crippen molar-refractivity contribution >= 4 is 0 Å². The predicted molar refractivity (Wildman–Crippen MR) is 60.3 cm³/mol. The van der Waals surface area contributed by atoms with Crippen LogP contribution in [0.2, 0.25) is 0 Å². The molecule has 86 valence electrons. The number of hydrogen-bond donors (Lipinski definition) is 1. The Labute approximate surface area is 92.7 Å². The second-order valence-corrected chi connectivity index (χ2v) is 5.06. The van der Waals surface area contributed by atoms with E-state index in [-0.39, 0.29) is 0 Å². The zero-order valence-corrected chi connectivity index (χ0v) is 10.1. The number of nitrogens with zero attached hydrogens (tertiary/aromatic N) is 2. The van der Waals surface area contributed by atoms with Gasteiger partial charge < -0.3 is 10.0 Å². The Bertz CT molecular complexity index is 257. The zero-order valence-electron chi connectivity index (χ0n) is 10.1. The molecular formula is C12H22N2O. The Morgan fingerprint density at radius 3 is 2.60 bits per heavy atom. The number of nitriles is 1. The fourth-order valence-electron chi connectivity index (χ4n) is 2.22. The third-order valence-electron chi connectivity index (χ3n) is 3.80. The van der Waals surface area contributed by atoms with Crippen molar-refractivity contribution in [2.24, 2.45) is 5.41 Å². The third-order valence-corrected chi connectivity index (χ3v) is 3.80. The standard InChI is InChI=1S/C12H22N2O/c1-4-14-8-5-6-12(15,7-9-14)11(2,3)10-13/h15H,4-9H2,1-3H3. The van der Waals surface area contributed by atoms with E-state index in [1.54, 1.807) is 0 Å². The van der Waals surface area contributed by atoms with Gasteiger partial charge in [0.2, 0.25) is 0 Å². The van der Waals surface area contributed by atoms with Crippen molar-refractivity contribution in [1.82, 2.24) is 4.90 Å². The molecule has 1 atom stereocenters. The largest absolute Gasteiger partial charge is 0.388 e. The lowest BCUT2D eigenvalue weighted by molar-refractivity contribution is -0.0502. The van der Waals surface area contributed by atoms with Gasteiger partial charge in [0.15, 0.2) is 0 Å². The number of aliphatic hydroxyl groups is 1. The molecule has 3 nitrogen and oxygen atoms in total. The first kappa shape index (κ1) is 12.5. The van der Waals surface area contributed by atoms with Crippen molar-refractivity contribution in [3.05, 3.63) is 0 Å². The third kappa shape index (κ3) is 2.50. The SMILES string of the molecule is CCN1CCCC(O)(C(C)(C)C#N)CC1. The summed E-state index contributed by atoms with van der Waals surface area (Å²) >= 11 is 0. The van der Waals surface area contributed by atoms with Crippen LogP contribution in [0.1, 0.15) is 40.0 Å². The van der Waals surface area contributed by atoms with Crippen LogP contribution in [0, 0.1) is 16.7 Å². The fraction of sp³-hybridized carbons (Fsp3) is 0.917. The van der Waals surface area contributed by atoms with Crippen LogP contribution in [0.5, 0.6) is 0 Å². The lowest BCUT2D eigenvalue weighted by Crippen LogP contribution is -2.44. The van der Waals surface area contributed by atoms with E-state index in [9.17, 15) is 5.11 Å². The highest BCUT2D eigenvalue weighted by molar-refractivity contribution is 5.07. The smallest absolute Gasteiger partial charge is 0.0840 e. The number of hydrogen-bond acceptors (Lipinski definition) is 3. The van der Waals surface area contributed by atoms with Gasteiger partial charge in [-0.2, -0.15) is 5.26 Å². The molecule has 15 heavy (non-hydrogen) atoms. The van der Waals surface area contributed by atoms with Gasteiger partial charge in [-0.3, -0.25) is 0 Å². The quantitative estimate of drug-likeness (QED) is 0.755. The Morgan fingerprint density at radius 2 is 2.07 bits per heavy atom. The van der Waals surface area contributed by atoms with Crippen LogP contribution in [0.4, 0.5) is 0 Å². The average molecular weight is 210 g/mol. The van der Waals surface area contributed by atoms with Crippen LogP contribution in [-0.4, -0.2) is 35.2 Å². The summed E-state index contributed by atoms with van der Waals surface area (Å²) in [5, 5.41) is 19.6. The van der Waals surface area contributed by atoms with Crippen molar-refractivity contribution in [1.29, 1.82) is 5.26 Å². The van der Waals surface area contributed by atoms with Gasteiger partial charge in [-0.1, -0.05) is 6.92 Å². The van der Waals surface area contributed by atoms with Crippen LogP contribution in [0.15, 0.2) is 0 Å². The van der Waals surface area contributed by atoms with E-state index in [1.807, 2.05) is 13.8 Å². The minimum absolute atomic E-state index is 0.642. The molecule has 0 aromatic rings. The van der Waals surface area contributed by atoms with Gasteiger partial charge in [-0.15, -0.1) is 0 Å². The van der Waals surface area contributed by atoms with Crippen LogP contribution < -0.4 is 0 Å². The predicted octanol–water partition coefficient (Wildman–Crippen LogP) is 1.77. The van der Waals surface area contributed by atoms with Crippen molar-refractivity contribution in [2.75, 3.05) is 19.6 Å².